The zero-order valence-corrected chi connectivity index (χ0v) is 14.9. The molecule has 2 rings (SSSR count). The van der Waals surface area contributed by atoms with Crippen molar-refractivity contribution in [2.45, 2.75) is 53.1 Å². The Morgan fingerprint density at radius 2 is 1.88 bits per heavy atom. The van der Waals surface area contributed by atoms with Crippen molar-refractivity contribution in [2.75, 3.05) is 0 Å². The fourth-order valence-electron chi connectivity index (χ4n) is 3.13. The average molecular weight is 330 g/mol. The molecule has 0 amide bonds. The Kier molecular flexibility index (Phi) is 5.92. The lowest BCUT2D eigenvalue weighted by Crippen LogP contribution is -2.29. The molecule has 0 spiro atoms. The first-order valence-corrected chi connectivity index (χ1v) is 8.58. The predicted molar refractivity (Wildman–Crippen MR) is 92.2 cm³/mol. The highest BCUT2D eigenvalue weighted by molar-refractivity contribution is 5.98. The van der Waals surface area contributed by atoms with E-state index in [9.17, 15) is 14.4 Å². The van der Waals surface area contributed by atoms with E-state index >= 15 is 0 Å². The summed E-state index contributed by atoms with van der Waals surface area (Å²) in [6, 6.07) is 0. The Bertz CT molecular complexity index is 622. The minimum absolute atomic E-state index is 0.00304. The first-order chi connectivity index (χ1) is 11.3. The van der Waals surface area contributed by atoms with E-state index in [1.807, 2.05) is 45.9 Å². The Balaban J connectivity index is 2.34. The van der Waals surface area contributed by atoms with Gasteiger partial charge in [0.15, 0.2) is 0 Å². The van der Waals surface area contributed by atoms with Gasteiger partial charge in [-0.2, -0.15) is 0 Å². The topological polar surface area (TPSA) is 60.4 Å². The van der Waals surface area contributed by atoms with E-state index in [-0.39, 0.29) is 35.7 Å². The van der Waals surface area contributed by atoms with Gasteiger partial charge in [0.2, 0.25) is 0 Å². The normalized spacial score (nSPS) is 32.7. The number of Topliss-reactive ketones (excluding diaryl/α,β-unsaturated/α-hetero) is 2. The molecule has 1 heterocycles. The van der Waals surface area contributed by atoms with Crippen molar-refractivity contribution in [3.8, 4) is 0 Å². The van der Waals surface area contributed by atoms with Crippen LogP contribution in [-0.4, -0.2) is 23.6 Å². The van der Waals surface area contributed by atoms with Gasteiger partial charge in [-0.1, -0.05) is 44.6 Å². The third-order valence-electron chi connectivity index (χ3n) is 4.74. The van der Waals surface area contributed by atoms with Crippen molar-refractivity contribution in [1.82, 2.24) is 0 Å². The van der Waals surface area contributed by atoms with E-state index in [1.54, 1.807) is 6.08 Å². The molecule has 130 valence electrons. The number of allylic oxidation sites excluding steroid dienone is 4. The molecule has 0 N–H and O–H groups in total. The summed E-state index contributed by atoms with van der Waals surface area (Å²) >= 11 is 0. The summed E-state index contributed by atoms with van der Waals surface area (Å²) in [7, 11) is 0. The Hall–Kier alpha value is -1.97. The quantitative estimate of drug-likeness (QED) is 0.690. The lowest BCUT2D eigenvalue weighted by molar-refractivity contribution is -0.143. The molecule has 4 heteroatoms. The van der Waals surface area contributed by atoms with Crippen LogP contribution in [0.3, 0.4) is 0 Å². The van der Waals surface area contributed by atoms with E-state index in [1.165, 1.54) is 0 Å². The number of hydrogen-bond acceptors (Lipinski definition) is 4. The number of fused-ring (bicyclic) bond motifs is 1. The zero-order valence-electron chi connectivity index (χ0n) is 14.9. The van der Waals surface area contributed by atoms with Gasteiger partial charge < -0.3 is 4.74 Å². The Labute approximate surface area is 143 Å². The van der Waals surface area contributed by atoms with Gasteiger partial charge in [-0.05, 0) is 18.9 Å². The standard InChI is InChI=1S/C20H26O4/c1-12(2)17-11-18(22)14(4)7-5-6-13(3)8-16(21)9-15-10-19(17)24-20(15)23/h5-7,10,12,14,17,19H,8-9,11H2,1-4H3/b7-5+,13-6-/t14-,17-,19-/m1/s1. The maximum atomic E-state index is 12.5. The Morgan fingerprint density at radius 1 is 1.17 bits per heavy atom. The second kappa shape index (κ2) is 7.73. The first kappa shape index (κ1) is 18.4. The molecule has 0 aromatic rings. The molecule has 0 radical (unpaired) electrons. The summed E-state index contributed by atoms with van der Waals surface area (Å²) in [5.74, 6) is -0.344. The van der Waals surface area contributed by atoms with Crippen molar-refractivity contribution in [3.63, 3.8) is 0 Å². The molecule has 0 fully saturated rings. The van der Waals surface area contributed by atoms with E-state index in [0.29, 0.717) is 18.4 Å². The van der Waals surface area contributed by atoms with Crippen LogP contribution in [0.4, 0.5) is 0 Å². The Morgan fingerprint density at radius 3 is 2.54 bits per heavy atom. The van der Waals surface area contributed by atoms with Crippen molar-refractivity contribution >= 4 is 17.5 Å². The number of esters is 1. The van der Waals surface area contributed by atoms with Crippen LogP contribution in [0.1, 0.15) is 47.0 Å². The monoisotopic (exact) mass is 330 g/mol. The fourth-order valence-corrected chi connectivity index (χ4v) is 3.13. The van der Waals surface area contributed by atoms with Crippen molar-refractivity contribution < 1.29 is 19.1 Å². The molecule has 0 saturated heterocycles. The molecule has 0 aromatic heterocycles. The van der Waals surface area contributed by atoms with Crippen molar-refractivity contribution in [2.24, 2.45) is 17.8 Å². The molecule has 1 aliphatic carbocycles. The van der Waals surface area contributed by atoms with Gasteiger partial charge in [-0.25, -0.2) is 4.79 Å². The summed E-state index contributed by atoms with van der Waals surface area (Å²) in [5.41, 5.74) is 1.34. The maximum Gasteiger partial charge on any atom is 0.334 e. The summed E-state index contributed by atoms with van der Waals surface area (Å²) in [6.07, 6.45) is 7.66. The van der Waals surface area contributed by atoms with Gasteiger partial charge in [0.05, 0.1) is 0 Å². The first-order valence-electron chi connectivity index (χ1n) is 8.58. The van der Waals surface area contributed by atoms with E-state index in [0.717, 1.165) is 5.57 Å². The van der Waals surface area contributed by atoms with Crippen molar-refractivity contribution in [1.29, 1.82) is 0 Å². The summed E-state index contributed by atoms with van der Waals surface area (Å²) in [4.78, 5) is 36.7. The molecule has 4 nitrogen and oxygen atoms in total. The van der Waals surface area contributed by atoms with Crippen LogP contribution < -0.4 is 0 Å². The largest absolute Gasteiger partial charge is 0.454 e. The lowest BCUT2D eigenvalue weighted by Gasteiger charge is -2.25. The average Bonchev–Trinajstić information content (AvgIpc) is 2.83. The minimum Gasteiger partial charge on any atom is -0.454 e. The van der Waals surface area contributed by atoms with Crippen LogP contribution in [0.25, 0.3) is 0 Å². The zero-order chi connectivity index (χ0) is 17.9. The molecular formula is C20H26O4. The summed E-state index contributed by atoms with van der Waals surface area (Å²) in [6.45, 7) is 7.80. The molecule has 24 heavy (non-hydrogen) atoms. The highest BCUT2D eigenvalue weighted by Gasteiger charge is 2.35. The summed E-state index contributed by atoms with van der Waals surface area (Å²) < 4.78 is 5.46. The number of ketones is 2. The van der Waals surface area contributed by atoms with E-state index < -0.39 is 12.1 Å². The molecule has 1 aliphatic heterocycles. The van der Waals surface area contributed by atoms with Crippen LogP contribution in [0.2, 0.25) is 0 Å². The third-order valence-corrected chi connectivity index (χ3v) is 4.74. The van der Waals surface area contributed by atoms with Crippen LogP contribution in [0, 0.1) is 17.8 Å². The molecular weight excluding hydrogens is 304 g/mol. The number of ether oxygens (including phenoxy) is 1. The highest BCUT2D eigenvalue weighted by Crippen LogP contribution is 2.31. The van der Waals surface area contributed by atoms with Gasteiger partial charge in [0, 0.05) is 36.7 Å². The van der Waals surface area contributed by atoms with Gasteiger partial charge in [0.25, 0.3) is 0 Å². The SMILES string of the molecule is C/C1=C/C=C/[C@@H](C)C(=O)C[C@H](C(C)C)[C@H]2C=C(CC(=O)C1)C(=O)O2. The van der Waals surface area contributed by atoms with E-state index in [4.69, 9.17) is 4.74 Å². The van der Waals surface area contributed by atoms with Crippen molar-refractivity contribution in [3.05, 3.63) is 35.5 Å². The third kappa shape index (κ3) is 4.53. The second-order valence-corrected chi connectivity index (χ2v) is 7.22. The predicted octanol–water partition coefficient (Wildman–Crippen LogP) is 3.57. The van der Waals surface area contributed by atoms with E-state index in [2.05, 4.69) is 0 Å². The van der Waals surface area contributed by atoms with Crippen LogP contribution in [-0.2, 0) is 19.1 Å². The molecule has 0 saturated carbocycles. The molecule has 0 unspecified atom stereocenters. The number of rotatable bonds is 1. The molecule has 3 atom stereocenters. The molecule has 2 bridgehead atoms. The smallest absolute Gasteiger partial charge is 0.334 e. The van der Waals surface area contributed by atoms with Gasteiger partial charge in [-0.3, -0.25) is 9.59 Å². The number of carbonyl (C=O) groups excluding carboxylic acids is 3. The van der Waals surface area contributed by atoms with Gasteiger partial charge in [-0.15, -0.1) is 0 Å². The van der Waals surface area contributed by atoms with Gasteiger partial charge in [0.1, 0.15) is 17.7 Å². The minimum atomic E-state index is -0.422. The number of carbonyl (C=O) groups is 3. The lowest BCUT2D eigenvalue weighted by atomic mass is 9.83. The van der Waals surface area contributed by atoms with Crippen LogP contribution in [0.15, 0.2) is 35.5 Å². The highest BCUT2D eigenvalue weighted by atomic mass is 16.5. The number of hydrogen-bond donors (Lipinski definition) is 0. The fraction of sp³-hybridized carbons (Fsp3) is 0.550. The summed E-state index contributed by atoms with van der Waals surface area (Å²) in [5, 5.41) is 0. The van der Waals surface area contributed by atoms with Gasteiger partial charge >= 0.3 is 5.97 Å². The molecule has 2 aliphatic rings. The second-order valence-electron chi connectivity index (χ2n) is 7.22. The maximum absolute atomic E-state index is 12.5. The van der Waals surface area contributed by atoms with Crippen LogP contribution >= 0.6 is 0 Å². The van der Waals surface area contributed by atoms with Crippen LogP contribution in [0.5, 0.6) is 0 Å². The molecule has 0 aromatic carbocycles.